The van der Waals surface area contributed by atoms with Crippen LogP contribution in [-0.4, -0.2) is 58.5 Å². The fraction of sp³-hybridized carbons (Fsp3) is 1.00. The highest BCUT2D eigenvalue weighted by Crippen LogP contribution is 2.13. The molecule has 2 N–H and O–H groups in total. The van der Waals surface area contributed by atoms with Crippen molar-refractivity contribution in [3.05, 3.63) is 0 Å². The molecular weight excluding hydrogens is 204 g/mol. The fourth-order valence-corrected chi connectivity index (χ4v) is 1.56. The summed E-state index contributed by atoms with van der Waals surface area (Å²) in [6, 6.07) is 0. The number of nitrogens with two attached hydrogens (primary N) is 1. The molecule has 16 heavy (non-hydrogen) atoms. The van der Waals surface area contributed by atoms with Crippen molar-refractivity contribution in [2.24, 2.45) is 11.1 Å². The highest BCUT2D eigenvalue weighted by atomic mass is 16.5. The van der Waals surface area contributed by atoms with Gasteiger partial charge in [-0.05, 0) is 25.4 Å². The first-order valence-electron chi connectivity index (χ1n) is 5.97. The van der Waals surface area contributed by atoms with Gasteiger partial charge in [0.05, 0.1) is 13.2 Å². The molecule has 0 rings (SSSR count). The Morgan fingerprint density at radius 2 is 1.88 bits per heavy atom. The molecule has 4 heteroatoms. The second-order valence-corrected chi connectivity index (χ2v) is 5.06. The first kappa shape index (κ1) is 15.8. The normalized spacial score (nSPS) is 12.4. The first-order chi connectivity index (χ1) is 7.52. The third-order valence-corrected chi connectivity index (χ3v) is 2.51. The predicted molar refractivity (Wildman–Crippen MR) is 67.6 cm³/mol. The van der Waals surface area contributed by atoms with Crippen LogP contribution in [0, 0.1) is 5.41 Å². The Morgan fingerprint density at radius 3 is 2.44 bits per heavy atom. The lowest BCUT2D eigenvalue weighted by atomic mass is 9.93. The van der Waals surface area contributed by atoms with Crippen LogP contribution in [0.2, 0.25) is 0 Å². The molecule has 0 heterocycles. The molecule has 0 aliphatic carbocycles. The minimum Gasteiger partial charge on any atom is -0.382 e. The van der Waals surface area contributed by atoms with Crippen LogP contribution in [-0.2, 0) is 9.47 Å². The van der Waals surface area contributed by atoms with Crippen molar-refractivity contribution in [2.75, 3.05) is 53.6 Å². The lowest BCUT2D eigenvalue weighted by molar-refractivity contribution is 0.0648. The molecule has 0 spiro atoms. The summed E-state index contributed by atoms with van der Waals surface area (Å²) in [5.41, 5.74) is 5.90. The number of ether oxygens (including phenoxy) is 2. The van der Waals surface area contributed by atoms with Gasteiger partial charge in [-0.2, -0.15) is 0 Å². The maximum Gasteiger partial charge on any atom is 0.0700 e. The van der Waals surface area contributed by atoms with Gasteiger partial charge in [0.25, 0.3) is 0 Å². The second-order valence-electron chi connectivity index (χ2n) is 5.06. The Balaban J connectivity index is 3.40. The SMILES string of the molecule is COCCOCCCN(C)CC(C)(C)CN. The van der Waals surface area contributed by atoms with Gasteiger partial charge in [0.1, 0.15) is 0 Å². The van der Waals surface area contributed by atoms with E-state index < -0.39 is 0 Å². The summed E-state index contributed by atoms with van der Waals surface area (Å²) in [6.45, 7) is 9.36. The Morgan fingerprint density at radius 1 is 1.19 bits per heavy atom. The quantitative estimate of drug-likeness (QED) is 0.570. The second kappa shape index (κ2) is 8.93. The molecule has 0 aliphatic rings. The number of methoxy groups -OCH3 is 1. The van der Waals surface area contributed by atoms with Crippen molar-refractivity contribution >= 4 is 0 Å². The topological polar surface area (TPSA) is 47.7 Å². The lowest BCUT2D eigenvalue weighted by Crippen LogP contribution is -2.37. The Hall–Kier alpha value is -0.160. The standard InChI is InChI=1S/C12H28N2O2/c1-12(2,10-13)11-14(3)6-5-7-16-9-8-15-4/h5-11,13H2,1-4H3. The maximum atomic E-state index is 5.70. The molecule has 0 saturated carbocycles. The van der Waals surface area contributed by atoms with Gasteiger partial charge in [-0.15, -0.1) is 0 Å². The summed E-state index contributed by atoms with van der Waals surface area (Å²) < 4.78 is 10.3. The monoisotopic (exact) mass is 232 g/mol. The van der Waals surface area contributed by atoms with Gasteiger partial charge < -0.3 is 20.1 Å². The van der Waals surface area contributed by atoms with Crippen molar-refractivity contribution in [2.45, 2.75) is 20.3 Å². The molecule has 0 atom stereocenters. The van der Waals surface area contributed by atoms with E-state index >= 15 is 0 Å². The van der Waals surface area contributed by atoms with Gasteiger partial charge in [-0.1, -0.05) is 13.8 Å². The number of nitrogens with zero attached hydrogens (tertiary/aromatic N) is 1. The van der Waals surface area contributed by atoms with Gasteiger partial charge in [0.2, 0.25) is 0 Å². The van der Waals surface area contributed by atoms with Gasteiger partial charge >= 0.3 is 0 Å². The van der Waals surface area contributed by atoms with Crippen molar-refractivity contribution in [3.63, 3.8) is 0 Å². The van der Waals surface area contributed by atoms with Crippen molar-refractivity contribution in [1.82, 2.24) is 4.90 Å². The lowest BCUT2D eigenvalue weighted by Gasteiger charge is -2.28. The summed E-state index contributed by atoms with van der Waals surface area (Å²) in [5, 5.41) is 0. The van der Waals surface area contributed by atoms with Crippen LogP contribution in [0.15, 0.2) is 0 Å². The highest BCUT2D eigenvalue weighted by molar-refractivity contribution is 4.72. The molecular formula is C12H28N2O2. The van der Waals surface area contributed by atoms with Gasteiger partial charge in [-0.25, -0.2) is 0 Å². The number of hydrogen-bond acceptors (Lipinski definition) is 4. The van der Waals surface area contributed by atoms with E-state index in [1.165, 1.54) is 0 Å². The van der Waals surface area contributed by atoms with E-state index in [0.29, 0.717) is 13.2 Å². The van der Waals surface area contributed by atoms with Crippen molar-refractivity contribution < 1.29 is 9.47 Å². The number of rotatable bonds is 10. The third-order valence-electron chi connectivity index (χ3n) is 2.51. The zero-order valence-corrected chi connectivity index (χ0v) is 11.3. The molecule has 0 aromatic heterocycles. The van der Waals surface area contributed by atoms with Crippen LogP contribution in [0.4, 0.5) is 0 Å². The largest absolute Gasteiger partial charge is 0.382 e. The molecule has 4 nitrogen and oxygen atoms in total. The molecule has 0 saturated heterocycles. The summed E-state index contributed by atoms with van der Waals surface area (Å²) >= 11 is 0. The van der Waals surface area contributed by atoms with Crippen molar-refractivity contribution in [3.8, 4) is 0 Å². The van der Waals surface area contributed by atoms with E-state index in [1.54, 1.807) is 7.11 Å². The van der Waals surface area contributed by atoms with Crippen LogP contribution >= 0.6 is 0 Å². The average Bonchev–Trinajstić information content (AvgIpc) is 2.22. The van der Waals surface area contributed by atoms with Gasteiger partial charge in [0.15, 0.2) is 0 Å². The maximum absolute atomic E-state index is 5.70. The molecule has 0 fully saturated rings. The van der Waals surface area contributed by atoms with E-state index in [2.05, 4.69) is 25.8 Å². The van der Waals surface area contributed by atoms with E-state index in [9.17, 15) is 0 Å². The Bertz CT molecular complexity index is 163. The van der Waals surface area contributed by atoms with E-state index in [4.69, 9.17) is 15.2 Å². The third kappa shape index (κ3) is 9.09. The summed E-state index contributed by atoms with van der Waals surface area (Å²) in [7, 11) is 3.82. The molecule has 0 unspecified atom stereocenters. The van der Waals surface area contributed by atoms with Crippen LogP contribution in [0.3, 0.4) is 0 Å². The van der Waals surface area contributed by atoms with Crippen LogP contribution in [0.1, 0.15) is 20.3 Å². The fourth-order valence-electron chi connectivity index (χ4n) is 1.56. The van der Waals surface area contributed by atoms with E-state index in [-0.39, 0.29) is 5.41 Å². The molecule has 0 radical (unpaired) electrons. The molecule has 0 aromatic carbocycles. The van der Waals surface area contributed by atoms with E-state index in [0.717, 1.165) is 32.7 Å². The van der Waals surface area contributed by atoms with Crippen LogP contribution in [0.5, 0.6) is 0 Å². The van der Waals surface area contributed by atoms with Crippen LogP contribution in [0.25, 0.3) is 0 Å². The summed E-state index contributed by atoms with van der Waals surface area (Å²) in [5.74, 6) is 0. The zero-order valence-electron chi connectivity index (χ0n) is 11.3. The minimum absolute atomic E-state index is 0.200. The van der Waals surface area contributed by atoms with Gasteiger partial charge in [-0.3, -0.25) is 0 Å². The molecule has 98 valence electrons. The highest BCUT2D eigenvalue weighted by Gasteiger charge is 2.17. The molecule has 0 bridgehead atoms. The minimum atomic E-state index is 0.200. The van der Waals surface area contributed by atoms with Crippen molar-refractivity contribution in [1.29, 1.82) is 0 Å². The summed E-state index contributed by atoms with van der Waals surface area (Å²) in [4.78, 5) is 2.31. The Kier molecular flexibility index (Phi) is 8.84. The van der Waals surface area contributed by atoms with Gasteiger partial charge in [0, 0.05) is 26.8 Å². The first-order valence-corrected chi connectivity index (χ1v) is 5.97. The average molecular weight is 232 g/mol. The van der Waals surface area contributed by atoms with Crippen LogP contribution < -0.4 is 5.73 Å². The van der Waals surface area contributed by atoms with E-state index in [1.807, 2.05) is 0 Å². The molecule has 0 aliphatic heterocycles. The molecule has 0 aromatic rings. The zero-order chi connectivity index (χ0) is 12.4. The summed E-state index contributed by atoms with van der Waals surface area (Å²) in [6.07, 6.45) is 1.06. The smallest absolute Gasteiger partial charge is 0.0700 e. The Labute approximate surface area is 100 Å². The molecule has 0 amide bonds. The predicted octanol–water partition coefficient (Wildman–Crippen LogP) is 0.956. The number of hydrogen-bond donors (Lipinski definition) is 1.